The Labute approximate surface area is 188 Å². The average molecular weight is 443 g/mol. The van der Waals surface area contributed by atoms with Gasteiger partial charge in [-0.2, -0.15) is 0 Å². The van der Waals surface area contributed by atoms with Crippen LogP contribution >= 0.6 is 0 Å². The van der Waals surface area contributed by atoms with Crippen LogP contribution in [-0.4, -0.2) is 65.3 Å². The standard InChI is InChI=1S/C24H30N2O6/c1-25(11-10-16-6-8-21(31-4)22(12-16)32-5)24(28)17-13-23(27)26(15-17)19-14-18(29-2)7-9-20(19)30-3/h6-9,12,14,17H,10-11,13,15H2,1-5H3. The number of ether oxygens (including phenoxy) is 4. The average Bonchev–Trinajstić information content (AvgIpc) is 3.22. The number of hydrogen-bond acceptors (Lipinski definition) is 6. The molecule has 1 saturated heterocycles. The molecule has 1 aliphatic rings. The van der Waals surface area contributed by atoms with Gasteiger partial charge in [0.05, 0.1) is 40.0 Å². The largest absolute Gasteiger partial charge is 0.497 e. The van der Waals surface area contributed by atoms with Crippen molar-refractivity contribution in [2.45, 2.75) is 12.8 Å². The number of methoxy groups -OCH3 is 4. The zero-order chi connectivity index (χ0) is 23.3. The predicted molar refractivity (Wildman–Crippen MR) is 121 cm³/mol. The molecule has 8 heteroatoms. The summed E-state index contributed by atoms with van der Waals surface area (Å²) in [6, 6.07) is 11.0. The summed E-state index contributed by atoms with van der Waals surface area (Å²) in [6.45, 7) is 0.837. The highest BCUT2D eigenvalue weighted by molar-refractivity contribution is 6.01. The molecular formula is C24H30N2O6. The van der Waals surface area contributed by atoms with Crippen LogP contribution in [-0.2, 0) is 16.0 Å². The van der Waals surface area contributed by atoms with Crippen molar-refractivity contribution in [2.75, 3.05) is 53.5 Å². The maximum absolute atomic E-state index is 13.0. The van der Waals surface area contributed by atoms with Crippen LogP contribution in [0.3, 0.4) is 0 Å². The third-order valence-corrected chi connectivity index (χ3v) is 5.71. The predicted octanol–water partition coefficient (Wildman–Crippen LogP) is 2.78. The Bertz CT molecular complexity index is 977. The molecule has 0 aliphatic carbocycles. The first-order valence-electron chi connectivity index (χ1n) is 10.4. The van der Waals surface area contributed by atoms with Crippen molar-refractivity contribution in [3.05, 3.63) is 42.0 Å². The maximum atomic E-state index is 13.0. The van der Waals surface area contributed by atoms with Gasteiger partial charge in [0.1, 0.15) is 11.5 Å². The van der Waals surface area contributed by atoms with Crippen molar-refractivity contribution in [3.8, 4) is 23.0 Å². The van der Waals surface area contributed by atoms with Gasteiger partial charge in [-0.25, -0.2) is 0 Å². The van der Waals surface area contributed by atoms with Gasteiger partial charge in [-0.3, -0.25) is 9.59 Å². The van der Waals surface area contributed by atoms with Crippen LogP contribution in [0.15, 0.2) is 36.4 Å². The molecule has 172 valence electrons. The molecule has 1 atom stereocenters. The SMILES string of the molecule is COc1ccc(OC)c(N2CC(C(=O)N(C)CCc3ccc(OC)c(OC)c3)CC2=O)c1. The van der Waals surface area contributed by atoms with Gasteiger partial charge in [-0.15, -0.1) is 0 Å². The molecule has 1 aliphatic heterocycles. The second kappa shape index (κ2) is 10.3. The minimum atomic E-state index is -0.409. The van der Waals surface area contributed by atoms with E-state index < -0.39 is 5.92 Å². The topological polar surface area (TPSA) is 77.5 Å². The van der Waals surface area contributed by atoms with E-state index in [0.29, 0.717) is 48.2 Å². The molecule has 0 N–H and O–H groups in total. The van der Waals surface area contributed by atoms with Gasteiger partial charge in [0.15, 0.2) is 11.5 Å². The smallest absolute Gasteiger partial charge is 0.227 e. The Kier molecular flexibility index (Phi) is 7.45. The Morgan fingerprint density at radius 2 is 1.66 bits per heavy atom. The van der Waals surface area contributed by atoms with Gasteiger partial charge in [-0.1, -0.05) is 6.07 Å². The Balaban J connectivity index is 1.65. The van der Waals surface area contributed by atoms with E-state index in [1.807, 2.05) is 18.2 Å². The summed E-state index contributed by atoms with van der Waals surface area (Å²) < 4.78 is 21.3. The number of likely N-dealkylation sites (N-methyl/N-ethyl adjacent to an activating group) is 1. The van der Waals surface area contributed by atoms with Gasteiger partial charge in [0.25, 0.3) is 0 Å². The van der Waals surface area contributed by atoms with Crippen LogP contribution in [0, 0.1) is 5.92 Å². The van der Waals surface area contributed by atoms with Gasteiger partial charge >= 0.3 is 0 Å². The van der Waals surface area contributed by atoms with Crippen molar-refractivity contribution >= 4 is 17.5 Å². The molecule has 1 fully saturated rings. The fourth-order valence-corrected chi connectivity index (χ4v) is 3.87. The van der Waals surface area contributed by atoms with Crippen LogP contribution in [0.4, 0.5) is 5.69 Å². The highest BCUT2D eigenvalue weighted by Crippen LogP contribution is 2.36. The van der Waals surface area contributed by atoms with Gasteiger partial charge in [-0.05, 0) is 36.2 Å². The Morgan fingerprint density at radius 3 is 2.31 bits per heavy atom. The number of amides is 2. The zero-order valence-corrected chi connectivity index (χ0v) is 19.2. The lowest BCUT2D eigenvalue weighted by atomic mass is 10.1. The molecule has 2 aromatic rings. The Morgan fingerprint density at radius 1 is 0.969 bits per heavy atom. The molecule has 0 aromatic heterocycles. The molecule has 1 unspecified atom stereocenters. The molecule has 0 bridgehead atoms. The summed E-state index contributed by atoms with van der Waals surface area (Å²) in [5.74, 6) is 1.94. The van der Waals surface area contributed by atoms with Gasteiger partial charge in [0, 0.05) is 32.6 Å². The first-order chi connectivity index (χ1) is 15.4. The van der Waals surface area contributed by atoms with Gasteiger partial charge in [0.2, 0.25) is 11.8 Å². The van der Waals surface area contributed by atoms with E-state index >= 15 is 0 Å². The van der Waals surface area contributed by atoms with E-state index in [4.69, 9.17) is 18.9 Å². The number of benzene rings is 2. The van der Waals surface area contributed by atoms with Crippen molar-refractivity contribution < 1.29 is 28.5 Å². The monoisotopic (exact) mass is 442 g/mol. The Hall–Kier alpha value is -3.42. The van der Waals surface area contributed by atoms with Crippen molar-refractivity contribution in [1.29, 1.82) is 0 Å². The number of rotatable bonds is 9. The van der Waals surface area contributed by atoms with E-state index in [0.717, 1.165) is 5.56 Å². The maximum Gasteiger partial charge on any atom is 0.227 e. The van der Waals surface area contributed by atoms with Crippen LogP contribution in [0.2, 0.25) is 0 Å². The van der Waals surface area contributed by atoms with E-state index in [1.54, 1.807) is 63.5 Å². The molecule has 2 aromatic carbocycles. The van der Waals surface area contributed by atoms with E-state index in [1.165, 1.54) is 0 Å². The molecule has 0 radical (unpaired) electrons. The summed E-state index contributed by atoms with van der Waals surface area (Å²) in [6.07, 6.45) is 0.830. The summed E-state index contributed by atoms with van der Waals surface area (Å²) in [4.78, 5) is 29.0. The summed E-state index contributed by atoms with van der Waals surface area (Å²) in [5, 5.41) is 0. The minimum absolute atomic E-state index is 0.0526. The van der Waals surface area contributed by atoms with Crippen molar-refractivity contribution in [2.24, 2.45) is 5.92 Å². The first kappa shape index (κ1) is 23.2. The molecule has 32 heavy (non-hydrogen) atoms. The molecule has 0 saturated carbocycles. The summed E-state index contributed by atoms with van der Waals surface area (Å²) >= 11 is 0. The molecule has 3 rings (SSSR count). The first-order valence-corrected chi connectivity index (χ1v) is 10.4. The lowest BCUT2D eigenvalue weighted by molar-refractivity contribution is -0.134. The van der Waals surface area contributed by atoms with Crippen LogP contribution in [0.25, 0.3) is 0 Å². The quantitative estimate of drug-likeness (QED) is 0.594. The number of carbonyl (C=O) groups excluding carboxylic acids is 2. The molecule has 2 amide bonds. The fourth-order valence-electron chi connectivity index (χ4n) is 3.87. The number of carbonyl (C=O) groups is 2. The lowest BCUT2D eigenvalue weighted by Crippen LogP contribution is -2.36. The van der Waals surface area contributed by atoms with Crippen molar-refractivity contribution in [3.63, 3.8) is 0 Å². The normalized spacial score (nSPS) is 15.5. The molecule has 1 heterocycles. The number of anilines is 1. The number of nitrogens with zero attached hydrogens (tertiary/aromatic N) is 2. The third kappa shape index (κ3) is 4.90. The molecule has 0 spiro atoms. The van der Waals surface area contributed by atoms with Crippen LogP contribution < -0.4 is 23.8 Å². The van der Waals surface area contributed by atoms with Crippen LogP contribution in [0.5, 0.6) is 23.0 Å². The lowest BCUT2D eigenvalue weighted by Gasteiger charge is -2.23. The van der Waals surface area contributed by atoms with Crippen molar-refractivity contribution in [1.82, 2.24) is 4.90 Å². The van der Waals surface area contributed by atoms with Gasteiger partial charge < -0.3 is 28.7 Å². The van der Waals surface area contributed by atoms with Crippen LogP contribution in [0.1, 0.15) is 12.0 Å². The zero-order valence-electron chi connectivity index (χ0n) is 19.2. The summed E-state index contributed by atoms with van der Waals surface area (Å²) in [7, 11) is 8.07. The van der Waals surface area contributed by atoms with E-state index in [2.05, 4.69) is 0 Å². The number of hydrogen-bond donors (Lipinski definition) is 0. The summed E-state index contributed by atoms with van der Waals surface area (Å²) in [5.41, 5.74) is 1.65. The minimum Gasteiger partial charge on any atom is -0.497 e. The highest BCUT2D eigenvalue weighted by atomic mass is 16.5. The van der Waals surface area contributed by atoms with E-state index in [-0.39, 0.29) is 18.2 Å². The molecular weight excluding hydrogens is 412 g/mol. The van der Waals surface area contributed by atoms with E-state index in [9.17, 15) is 9.59 Å². The second-order valence-corrected chi connectivity index (χ2v) is 7.64. The highest BCUT2D eigenvalue weighted by Gasteiger charge is 2.37. The molecule has 8 nitrogen and oxygen atoms in total. The fraction of sp³-hybridized carbons (Fsp3) is 0.417. The second-order valence-electron chi connectivity index (χ2n) is 7.64. The third-order valence-electron chi connectivity index (χ3n) is 5.71.